The number of nitrogens with two attached hydrogens (primary N) is 1. The molecule has 1 aromatic rings. The van der Waals surface area contributed by atoms with Crippen molar-refractivity contribution in [2.24, 2.45) is 5.73 Å². The fourth-order valence-electron chi connectivity index (χ4n) is 2.28. The Morgan fingerprint density at radius 1 is 0.923 bits per heavy atom. The van der Waals surface area contributed by atoms with E-state index in [1.165, 1.54) is 18.2 Å². The molecule has 1 rings (SSSR count). The Labute approximate surface area is 155 Å². The summed E-state index contributed by atoms with van der Waals surface area (Å²) in [4.78, 5) is 11.7. The largest absolute Gasteiger partial charge is 0.504 e. The first-order valence-corrected chi connectivity index (χ1v) is 9.23. The van der Waals surface area contributed by atoms with Crippen LogP contribution in [0.25, 0.3) is 6.08 Å². The predicted octanol–water partition coefficient (Wildman–Crippen LogP) is 0.926. The molecule has 0 radical (unpaired) electrons. The summed E-state index contributed by atoms with van der Waals surface area (Å²) in [6, 6.07) is 4.40. The van der Waals surface area contributed by atoms with Crippen molar-refractivity contribution in [3.63, 3.8) is 0 Å². The summed E-state index contributed by atoms with van der Waals surface area (Å²) in [5.41, 5.74) is 6.07. The second-order valence-corrected chi connectivity index (χ2v) is 6.08. The Morgan fingerprint density at radius 2 is 1.58 bits per heavy atom. The van der Waals surface area contributed by atoms with Crippen LogP contribution in [-0.2, 0) is 4.79 Å². The molecule has 26 heavy (non-hydrogen) atoms. The number of hydrogen-bond donors (Lipinski definition) is 6. The molecule has 146 valence electrons. The maximum Gasteiger partial charge on any atom is 0.243 e. The lowest BCUT2D eigenvalue weighted by molar-refractivity contribution is -0.116. The van der Waals surface area contributed by atoms with Gasteiger partial charge in [-0.3, -0.25) is 4.79 Å². The van der Waals surface area contributed by atoms with E-state index in [9.17, 15) is 15.0 Å². The summed E-state index contributed by atoms with van der Waals surface area (Å²) < 4.78 is 0. The van der Waals surface area contributed by atoms with Crippen LogP contribution in [0.2, 0.25) is 0 Å². The third-order valence-corrected chi connectivity index (χ3v) is 3.77. The minimum atomic E-state index is -0.204. The molecule has 0 aliphatic carbocycles. The van der Waals surface area contributed by atoms with Crippen LogP contribution in [0.4, 0.5) is 0 Å². The number of hydrogen-bond acceptors (Lipinski definition) is 6. The lowest BCUT2D eigenvalue weighted by atomic mass is 10.2. The Hall–Kier alpha value is -2.09. The number of phenols is 2. The van der Waals surface area contributed by atoms with Gasteiger partial charge in [-0.15, -0.1) is 0 Å². The highest BCUT2D eigenvalue weighted by Gasteiger charge is 1.99. The second kappa shape index (κ2) is 14.1. The predicted molar refractivity (Wildman–Crippen MR) is 105 cm³/mol. The van der Waals surface area contributed by atoms with Gasteiger partial charge in [0, 0.05) is 12.6 Å². The lowest BCUT2D eigenvalue weighted by Gasteiger charge is -2.06. The molecule has 0 heterocycles. The molecule has 0 atom stereocenters. The lowest BCUT2D eigenvalue weighted by Crippen LogP contribution is -2.26. The molecule has 0 saturated heterocycles. The van der Waals surface area contributed by atoms with E-state index in [1.807, 2.05) is 0 Å². The Morgan fingerprint density at radius 3 is 2.23 bits per heavy atom. The molecule has 0 unspecified atom stereocenters. The number of benzene rings is 1. The van der Waals surface area contributed by atoms with E-state index in [1.54, 1.807) is 12.1 Å². The van der Waals surface area contributed by atoms with E-state index in [0.717, 1.165) is 58.4 Å². The molecule has 0 fully saturated rings. The summed E-state index contributed by atoms with van der Waals surface area (Å²) in [5.74, 6) is -0.562. The van der Waals surface area contributed by atoms with Crippen LogP contribution < -0.4 is 21.7 Å². The topological polar surface area (TPSA) is 120 Å². The van der Waals surface area contributed by atoms with Gasteiger partial charge >= 0.3 is 0 Å². The molecular weight excluding hydrogens is 332 g/mol. The van der Waals surface area contributed by atoms with Gasteiger partial charge in [0.2, 0.25) is 5.91 Å². The highest BCUT2D eigenvalue weighted by molar-refractivity contribution is 5.91. The first kappa shape index (κ1) is 22.0. The van der Waals surface area contributed by atoms with Crippen molar-refractivity contribution in [1.29, 1.82) is 0 Å². The smallest absolute Gasteiger partial charge is 0.243 e. The Kier molecular flexibility index (Phi) is 11.9. The van der Waals surface area contributed by atoms with Crippen LogP contribution in [0.3, 0.4) is 0 Å². The van der Waals surface area contributed by atoms with Gasteiger partial charge in [0.25, 0.3) is 0 Å². The zero-order valence-corrected chi connectivity index (χ0v) is 15.3. The summed E-state index contributed by atoms with van der Waals surface area (Å²) in [5, 5.41) is 28.2. The molecule has 7 heteroatoms. The Bertz CT molecular complexity index is 550. The summed E-state index contributed by atoms with van der Waals surface area (Å²) in [6.07, 6.45) is 7.17. The number of amides is 1. The van der Waals surface area contributed by atoms with E-state index >= 15 is 0 Å². The van der Waals surface area contributed by atoms with Crippen molar-refractivity contribution in [2.75, 3.05) is 39.3 Å². The van der Waals surface area contributed by atoms with Gasteiger partial charge < -0.3 is 31.9 Å². The van der Waals surface area contributed by atoms with Crippen LogP contribution in [0, 0.1) is 0 Å². The van der Waals surface area contributed by atoms with E-state index in [-0.39, 0.29) is 17.4 Å². The zero-order chi connectivity index (χ0) is 19.0. The summed E-state index contributed by atoms with van der Waals surface area (Å²) >= 11 is 0. The van der Waals surface area contributed by atoms with Crippen LogP contribution >= 0.6 is 0 Å². The third kappa shape index (κ3) is 10.7. The summed E-state index contributed by atoms with van der Waals surface area (Å²) in [7, 11) is 0. The van der Waals surface area contributed by atoms with Crippen molar-refractivity contribution in [3.8, 4) is 11.5 Å². The fraction of sp³-hybridized carbons (Fsp3) is 0.526. The van der Waals surface area contributed by atoms with Gasteiger partial charge in [-0.05, 0) is 82.2 Å². The monoisotopic (exact) mass is 364 g/mol. The molecule has 0 bridgehead atoms. The molecule has 0 spiro atoms. The average molecular weight is 364 g/mol. The van der Waals surface area contributed by atoms with Crippen molar-refractivity contribution < 1.29 is 15.0 Å². The van der Waals surface area contributed by atoms with Crippen molar-refractivity contribution >= 4 is 12.0 Å². The van der Waals surface area contributed by atoms with Crippen molar-refractivity contribution in [2.45, 2.75) is 25.7 Å². The second-order valence-electron chi connectivity index (χ2n) is 6.08. The zero-order valence-electron chi connectivity index (χ0n) is 15.3. The molecule has 0 aliphatic rings. The van der Waals surface area contributed by atoms with Gasteiger partial charge in [0.05, 0.1) is 0 Å². The molecule has 7 nitrogen and oxygen atoms in total. The SMILES string of the molecule is NCCCNCCCCNCCCNC(=O)/C=C/c1ccc(O)c(O)c1. The number of phenolic OH excluding ortho intramolecular Hbond substituents is 2. The van der Waals surface area contributed by atoms with E-state index in [4.69, 9.17) is 5.73 Å². The number of rotatable bonds is 14. The number of nitrogens with one attached hydrogen (secondary N) is 3. The Balaban J connectivity index is 1.98. The molecule has 0 saturated carbocycles. The van der Waals surface area contributed by atoms with Gasteiger partial charge in [0.1, 0.15) is 0 Å². The molecule has 1 amide bonds. The first-order valence-electron chi connectivity index (χ1n) is 9.23. The maximum absolute atomic E-state index is 11.7. The summed E-state index contributed by atoms with van der Waals surface area (Å²) in [6.45, 7) is 5.22. The van der Waals surface area contributed by atoms with Crippen LogP contribution in [0.15, 0.2) is 24.3 Å². The third-order valence-electron chi connectivity index (χ3n) is 3.77. The first-order chi connectivity index (χ1) is 12.6. The van der Waals surface area contributed by atoms with Crippen LogP contribution in [-0.4, -0.2) is 55.4 Å². The highest BCUT2D eigenvalue weighted by atomic mass is 16.3. The average Bonchev–Trinajstić information content (AvgIpc) is 2.63. The van der Waals surface area contributed by atoms with Gasteiger partial charge in [0.15, 0.2) is 11.5 Å². The van der Waals surface area contributed by atoms with Crippen molar-refractivity contribution in [1.82, 2.24) is 16.0 Å². The minimum absolute atomic E-state index is 0.179. The quantitative estimate of drug-likeness (QED) is 0.166. The fourth-order valence-corrected chi connectivity index (χ4v) is 2.28. The number of unbranched alkanes of at least 4 members (excludes halogenated alkanes) is 1. The van der Waals surface area contributed by atoms with E-state index < -0.39 is 0 Å². The maximum atomic E-state index is 11.7. The van der Waals surface area contributed by atoms with Crippen LogP contribution in [0.1, 0.15) is 31.2 Å². The normalized spacial score (nSPS) is 11.1. The van der Waals surface area contributed by atoms with E-state index in [2.05, 4.69) is 16.0 Å². The molecule has 7 N–H and O–H groups in total. The van der Waals surface area contributed by atoms with Gasteiger partial charge in [-0.2, -0.15) is 0 Å². The molecule has 1 aromatic carbocycles. The number of carbonyl (C=O) groups is 1. The van der Waals surface area contributed by atoms with Gasteiger partial charge in [-0.1, -0.05) is 6.07 Å². The molecule has 0 aliphatic heterocycles. The molecular formula is C19H32N4O3. The highest BCUT2D eigenvalue weighted by Crippen LogP contribution is 2.25. The minimum Gasteiger partial charge on any atom is -0.504 e. The van der Waals surface area contributed by atoms with Crippen molar-refractivity contribution in [3.05, 3.63) is 29.8 Å². The number of aromatic hydroxyl groups is 2. The molecule has 0 aromatic heterocycles. The standard InChI is InChI=1S/C19H32N4O3/c20-9-3-12-21-10-1-2-11-22-13-4-14-23-19(26)8-6-16-5-7-17(24)18(25)15-16/h5-8,15,21-22,24-25H,1-4,9-14,20H2,(H,23,26)/b8-6+. The number of carbonyl (C=O) groups excluding carboxylic acids is 1. The van der Waals surface area contributed by atoms with E-state index in [0.29, 0.717) is 12.1 Å². The van der Waals surface area contributed by atoms with Crippen LogP contribution in [0.5, 0.6) is 11.5 Å². The van der Waals surface area contributed by atoms with Gasteiger partial charge in [-0.25, -0.2) is 0 Å².